The Kier molecular flexibility index (Phi) is 4.17. The average Bonchev–Trinajstić information content (AvgIpc) is 2.33. The number of anilines is 3. The van der Waals surface area contributed by atoms with Crippen LogP contribution < -0.4 is 15.8 Å². The number of benzene rings is 2. The minimum Gasteiger partial charge on any atom is -0.489 e. The van der Waals surface area contributed by atoms with Crippen molar-refractivity contribution in [2.75, 3.05) is 11.1 Å². The van der Waals surface area contributed by atoms with Crippen LogP contribution in [0.1, 0.15) is 13.8 Å². The van der Waals surface area contributed by atoms with E-state index in [0.29, 0.717) is 16.5 Å². The van der Waals surface area contributed by atoms with E-state index in [9.17, 15) is 0 Å². The zero-order valence-corrected chi connectivity index (χ0v) is 11.7. The van der Waals surface area contributed by atoms with Gasteiger partial charge in [0.2, 0.25) is 0 Å². The third-order valence-corrected chi connectivity index (χ3v) is 2.72. The highest BCUT2D eigenvalue weighted by Crippen LogP contribution is 2.28. The molecule has 2 rings (SSSR count). The molecule has 0 saturated heterocycles. The molecule has 0 unspecified atom stereocenters. The van der Waals surface area contributed by atoms with Crippen molar-refractivity contribution in [1.82, 2.24) is 0 Å². The molecule has 3 nitrogen and oxygen atoms in total. The van der Waals surface area contributed by atoms with Crippen molar-refractivity contribution in [2.45, 2.75) is 20.0 Å². The van der Waals surface area contributed by atoms with Gasteiger partial charge in [-0.3, -0.25) is 0 Å². The van der Waals surface area contributed by atoms with Crippen LogP contribution in [0.2, 0.25) is 5.02 Å². The highest BCUT2D eigenvalue weighted by molar-refractivity contribution is 6.30. The summed E-state index contributed by atoms with van der Waals surface area (Å²) in [5.74, 6) is 0.682. The Balaban J connectivity index is 2.21. The Labute approximate surface area is 118 Å². The lowest BCUT2D eigenvalue weighted by Gasteiger charge is -2.14. The Hall–Kier alpha value is -1.87. The molecule has 0 atom stereocenters. The van der Waals surface area contributed by atoms with Gasteiger partial charge in [0.15, 0.2) is 0 Å². The zero-order chi connectivity index (χ0) is 13.8. The third-order valence-electron chi connectivity index (χ3n) is 2.49. The fraction of sp³-hybridized carbons (Fsp3) is 0.200. The highest BCUT2D eigenvalue weighted by atomic mass is 35.5. The van der Waals surface area contributed by atoms with Gasteiger partial charge in [0.05, 0.1) is 11.8 Å². The molecule has 2 aromatic rings. The van der Waals surface area contributed by atoms with Crippen LogP contribution in [-0.4, -0.2) is 6.10 Å². The molecular formula is C15H17ClN2O. The summed E-state index contributed by atoms with van der Waals surface area (Å²) in [7, 11) is 0. The molecule has 100 valence electrons. The van der Waals surface area contributed by atoms with E-state index >= 15 is 0 Å². The van der Waals surface area contributed by atoms with Crippen LogP contribution in [0.25, 0.3) is 0 Å². The molecule has 0 saturated carbocycles. The number of nitrogens with two attached hydrogens (primary N) is 1. The van der Waals surface area contributed by atoms with Gasteiger partial charge in [-0.25, -0.2) is 0 Å². The minimum atomic E-state index is 0.0868. The van der Waals surface area contributed by atoms with Crippen molar-refractivity contribution in [3.63, 3.8) is 0 Å². The van der Waals surface area contributed by atoms with Crippen LogP contribution in [-0.2, 0) is 0 Å². The first kappa shape index (κ1) is 13.6. The number of rotatable bonds is 4. The first-order chi connectivity index (χ1) is 9.04. The van der Waals surface area contributed by atoms with Gasteiger partial charge >= 0.3 is 0 Å². The van der Waals surface area contributed by atoms with Gasteiger partial charge in [-0.05, 0) is 44.2 Å². The van der Waals surface area contributed by atoms with Gasteiger partial charge in [-0.2, -0.15) is 0 Å². The highest BCUT2D eigenvalue weighted by Gasteiger charge is 2.05. The summed E-state index contributed by atoms with van der Waals surface area (Å²) >= 11 is 5.95. The first-order valence-electron chi connectivity index (χ1n) is 6.13. The van der Waals surface area contributed by atoms with E-state index < -0.39 is 0 Å². The van der Waals surface area contributed by atoms with E-state index in [-0.39, 0.29) is 6.10 Å². The zero-order valence-electron chi connectivity index (χ0n) is 11.0. The molecule has 19 heavy (non-hydrogen) atoms. The molecule has 0 bridgehead atoms. The second-order valence-corrected chi connectivity index (χ2v) is 4.99. The van der Waals surface area contributed by atoms with Gasteiger partial charge in [0.1, 0.15) is 5.75 Å². The van der Waals surface area contributed by atoms with Crippen molar-refractivity contribution in [2.24, 2.45) is 0 Å². The lowest BCUT2D eigenvalue weighted by atomic mass is 10.2. The fourth-order valence-electron chi connectivity index (χ4n) is 1.70. The van der Waals surface area contributed by atoms with Gasteiger partial charge in [0.25, 0.3) is 0 Å². The molecule has 0 aliphatic carbocycles. The normalized spacial score (nSPS) is 10.5. The molecule has 0 fully saturated rings. The molecule has 0 amide bonds. The second-order valence-electron chi connectivity index (χ2n) is 4.55. The molecule has 0 spiro atoms. The Morgan fingerprint density at radius 2 is 1.84 bits per heavy atom. The Morgan fingerprint density at radius 3 is 2.53 bits per heavy atom. The first-order valence-corrected chi connectivity index (χ1v) is 6.51. The van der Waals surface area contributed by atoms with E-state index in [1.54, 1.807) is 0 Å². The van der Waals surface area contributed by atoms with Crippen molar-refractivity contribution in [3.05, 3.63) is 47.5 Å². The molecule has 0 heterocycles. The van der Waals surface area contributed by atoms with Crippen LogP contribution in [0.15, 0.2) is 42.5 Å². The summed E-state index contributed by atoms with van der Waals surface area (Å²) < 4.78 is 5.66. The topological polar surface area (TPSA) is 47.3 Å². The number of nitrogen functional groups attached to an aromatic ring is 1. The molecule has 0 radical (unpaired) electrons. The van der Waals surface area contributed by atoms with Gasteiger partial charge in [-0.1, -0.05) is 17.7 Å². The summed E-state index contributed by atoms with van der Waals surface area (Å²) in [6.07, 6.45) is 0.0868. The number of ether oxygens (including phenoxy) is 1. The van der Waals surface area contributed by atoms with E-state index in [1.165, 1.54) is 0 Å². The standard InChI is InChI=1S/C15H17ClN2O/c1-10(2)19-15-9-13(6-7-14(15)17)18-12-5-3-4-11(16)8-12/h3-10,18H,17H2,1-2H3. The second kappa shape index (κ2) is 5.85. The predicted octanol–water partition coefficient (Wildman–Crippen LogP) is 4.45. The monoisotopic (exact) mass is 276 g/mol. The van der Waals surface area contributed by atoms with E-state index in [2.05, 4.69) is 5.32 Å². The summed E-state index contributed by atoms with van der Waals surface area (Å²) in [6.45, 7) is 3.94. The van der Waals surface area contributed by atoms with Crippen LogP contribution >= 0.6 is 11.6 Å². The van der Waals surface area contributed by atoms with Gasteiger partial charge < -0.3 is 15.8 Å². The van der Waals surface area contributed by atoms with Crippen molar-refractivity contribution >= 4 is 28.7 Å². The maximum absolute atomic E-state index is 5.95. The molecule has 0 aliphatic rings. The molecule has 0 aromatic heterocycles. The SMILES string of the molecule is CC(C)Oc1cc(Nc2cccc(Cl)c2)ccc1N. The Bertz CT molecular complexity index is 570. The summed E-state index contributed by atoms with van der Waals surface area (Å²) in [5.41, 5.74) is 8.34. The molecule has 3 N–H and O–H groups in total. The van der Waals surface area contributed by atoms with Crippen LogP contribution in [0.3, 0.4) is 0 Å². The van der Waals surface area contributed by atoms with E-state index in [4.69, 9.17) is 22.1 Å². The predicted molar refractivity (Wildman–Crippen MR) is 81.4 cm³/mol. The molecular weight excluding hydrogens is 260 g/mol. The van der Waals surface area contributed by atoms with Crippen LogP contribution in [0.5, 0.6) is 5.75 Å². The van der Waals surface area contributed by atoms with E-state index in [1.807, 2.05) is 56.3 Å². The number of halogens is 1. The molecule has 4 heteroatoms. The fourth-order valence-corrected chi connectivity index (χ4v) is 1.89. The largest absolute Gasteiger partial charge is 0.489 e. The van der Waals surface area contributed by atoms with Crippen molar-refractivity contribution < 1.29 is 4.74 Å². The quantitative estimate of drug-likeness (QED) is 0.811. The minimum absolute atomic E-state index is 0.0868. The van der Waals surface area contributed by atoms with Gasteiger partial charge in [0, 0.05) is 22.5 Å². The van der Waals surface area contributed by atoms with Gasteiger partial charge in [-0.15, -0.1) is 0 Å². The third kappa shape index (κ3) is 3.80. The smallest absolute Gasteiger partial charge is 0.144 e. The number of hydrogen-bond acceptors (Lipinski definition) is 3. The average molecular weight is 277 g/mol. The molecule has 2 aromatic carbocycles. The lowest BCUT2D eigenvalue weighted by molar-refractivity contribution is 0.244. The maximum atomic E-state index is 5.95. The summed E-state index contributed by atoms with van der Waals surface area (Å²) in [4.78, 5) is 0. The summed E-state index contributed by atoms with van der Waals surface area (Å²) in [6, 6.07) is 13.2. The Morgan fingerprint density at radius 1 is 1.11 bits per heavy atom. The number of hydrogen-bond donors (Lipinski definition) is 2. The van der Waals surface area contributed by atoms with Crippen molar-refractivity contribution in [3.8, 4) is 5.75 Å². The maximum Gasteiger partial charge on any atom is 0.144 e. The molecule has 0 aliphatic heterocycles. The lowest BCUT2D eigenvalue weighted by Crippen LogP contribution is -2.07. The van der Waals surface area contributed by atoms with Crippen LogP contribution in [0.4, 0.5) is 17.1 Å². The van der Waals surface area contributed by atoms with Crippen molar-refractivity contribution in [1.29, 1.82) is 0 Å². The number of nitrogens with one attached hydrogen (secondary N) is 1. The van der Waals surface area contributed by atoms with E-state index in [0.717, 1.165) is 11.4 Å². The van der Waals surface area contributed by atoms with Crippen LogP contribution in [0, 0.1) is 0 Å². The summed E-state index contributed by atoms with van der Waals surface area (Å²) in [5, 5.41) is 3.96.